The van der Waals surface area contributed by atoms with Crippen LogP contribution in [0.3, 0.4) is 0 Å². The molecule has 0 atom stereocenters. The molecule has 0 unspecified atom stereocenters. The molecule has 0 bridgehead atoms. The topological polar surface area (TPSA) is 54.4 Å². The molecule has 33 heavy (non-hydrogen) atoms. The van der Waals surface area contributed by atoms with Crippen molar-refractivity contribution < 1.29 is 87.6 Å². The normalized spacial score (nSPS) is 16.3. The molecule has 1 N–H and O–H groups in total. The van der Waals surface area contributed by atoms with Crippen LogP contribution in [-0.4, -0.2) is 59.9 Å². The maximum absolute atomic E-state index is 13.5. The van der Waals surface area contributed by atoms with E-state index in [4.69, 9.17) is 4.55 Å². The first-order valence-electron chi connectivity index (χ1n) is 7.64. The van der Waals surface area contributed by atoms with E-state index in [1.54, 1.807) is 0 Å². The van der Waals surface area contributed by atoms with Crippen LogP contribution in [0.1, 0.15) is 25.7 Å². The van der Waals surface area contributed by atoms with Crippen LogP contribution in [0.2, 0.25) is 0 Å². The minimum Gasteiger partial charge on any atom is -0.281 e. The van der Waals surface area contributed by atoms with Crippen molar-refractivity contribution in [1.82, 2.24) is 0 Å². The minimum absolute atomic E-state index is 1.49. The zero-order valence-corrected chi connectivity index (χ0v) is 15.7. The molecular formula is C12H9F17O3S. The van der Waals surface area contributed by atoms with E-state index < -0.39 is 82.8 Å². The Morgan fingerprint density at radius 1 is 0.485 bits per heavy atom. The highest BCUT2D eigenvalue weighted by Gasteiger charge is 2.94. The van der Waals surface area contributed by atoms with Crippen molar-refractivity contribution in [3.8, 4) is 0 Å². The molecule has 0 aliphatic rings. The number of unbranched alkanes of at least 4 members (excludes halogenated alkanes) is 1. The molecular weight excluding hydrogens is 547 g/mol. The molecule has 0 saturated heterocycles. The van der Waals surface area contributed by atoms with E-state index in [2.05, 4.69) is 0 Å². The molecule has 0 radical (unpaired) electrons. The van der Waals surface area contributed by atoms with Crippen LogP contribution in [0.15, 0.2) is 0 Å². The lowest BCUT2D eigenvalue weighted by atomic mass is 9.89. The zero-order valence-electron chi connectivity index (χ0n) is 14.9. The van der Waals surface area contributed by atoms with E-state index >= 15 is 0 Å². The molecule has 0 aliphatic heterocycles. The van der Waals surface area contributed by atoms with Crippen molar-refractivity contribution in [2.24, 2.45) is 0 Å². The first-order valence-corrected chi connectivity index (χ1v) is 9.08. The zero-order chi connectivity index (χ0) is 27.3. The number of rotatable bonds is 11. The summed E-state index contributed by atoms with van der Waals surface area (Å²) < 4.78 is 250. The third kappa shape index (κ3) is 5.07. The van der Waals surface area contributed by atoms with Crippen LogP contribution < -0.4 is 0 Å². The van der Waals surface area contributed by atoms with E-state index in [0.29, 0.717) is 0 Å². The summed E-state index contributed by atoms with van der Waals surface area (Å²) in [6, 6.07) is 0. The maximum Gasteiger partial charge on any atom is 0.438 e. The summed E-state index contributed by atoms with van der Waals surface area (Å²) in [6.07, 6.45) is -13.1. The largest absolute Gasteiger partial charge is 0.438 e. The Balaban J connectivity index is 6.32. The first-order chi connectivity index (χ1) is 14.0. The molecule has 0 amide bonds. The summed E-state index contributed by atoms with van der Waals surface area (Å²) in [7, 11) is -7.81. The highest BCUT2D eigenvalue weighted by atomic mass is 32.2. The molecule has 0 spiro atoms. The predicted octanol–water partition coefficient (Wildman–Crippen LogP) is 6.40. The molecule has 0 aliphatic carbocycles. The average Bonchev–Trinajstić information content (AvgIpc) is 2.55. The number of alkyl halides is 17. The second-order valence-electron chi connectivity index (χ2n) is 6.39. The van der Waals surface area contributed by atoms with Gasteiger partial charge in [-0.2, -0.15) is 83.1 Å². The van der Waals surface area contributed by atoms with Gasteiger partial charge in [-0.05, 0) is 12.8 Å². The second kappa shape index (κ2) is 8.43. The van der Waals surface area contributed by atoms with Gasteiger partial charge in [-0.1, -0.05) is 0 Å². The van der Waals surface area contributed by atoms with Crippen molar-refractivity contribution in [1.29, 1.82) is 0 Å². The van der Waals surface area contributed by atoms with Crippen LogP contribution in [0.25, 0.3) is 0 Å². The van der Waals surface area contributed by atoms with Crippen molar-refractivity contribution in [2.45, 2.75) is 72.6 Å². The van der Waals surface area contributed by atoms with Gasteiger partial charge in [0.1, 0.15) is 0 Å². The monoisotopic (exact) mass is 556 g/mol. The maximum atomic E-state index is 13.5. The van der Waals surface area contributed by atoms with Gasteiger partial charge in [-0.25, -0.2) is 0 Å². The fourth-order valence-electron chi connectivity index (χ4n) is 2.00. The molecule has 0 heterocycles. The summed E-state index contributed by atoms with van der Waals surface area (Å²) in [4.78, 5) is 0. The van der Waals surface area contributed by atoms with Gasteiger partial charge in [0.15, 0.2) is 0 Å². The van der Waals surface area contributed by atoms with Gasteiger partial charge >= 0.3 is 57.1 Å². The van der Waals surface area contributed by atoms with Gasteiger partial charge in [0, 0.05) is 12.8 Å². The van der Waals surface area contributed by atoms with Gasteiger partial charge in [0.25, 0.3) is 0 Å². The SMILES string of the molecule is O=S(=O)(O)C(F)(F)C(F)(F)C(F)(F)C(F)(F)C(F)(F)C(F)(F)C(F)(F)CCCCC(F)(F)F. The van der Waals surface area contributed by atoms with Crippen molar-refractivity contribution in [3.05, 3.63) is 0 Å². The van der Waals surface area contributed by atoms with Crippen LogP contribution in [0.5, 0.6) is 0 Å². The molecule has 0 aromatic rings. The lowest BCUT2D eigenvalue weighted by Gasteiger charge is -2.42. The standard InChI is InChI=1S/C12H9F17O3S/c13-5(14,3-1-2-4-6(15,16)17)7(18,19)8(20,21)9(22,23)10(24,25)11(26,27)12(28,29)33(30,31)32/h1-4H2,(H,30,31,32). The fourth-order valence-corrected chi connectivity index (χ4v) is 2.45. The summed E-state index contributed by atoms with van der Waals surface area (Å²) >= 11 is 0. The van der Waals surface area contributed by atoms with E-state index in [9.17, 15) is 83.1 Å². The fraction of sp³-hybridized carbons (Fsp3) is 1.00. The highest BCUT2D eigenvalue weighted by molar-refractivity contribution is 7.87. The van der Waals surface area contributed by atoms with E-state index in [1.165, 1.54) is 0 Å². The smallest absolute Gasteiger partial charge is 0.281 e. The molecule has 0 rings (SSSR count). The summed E-state index contributed by atoms with van der Waals surface area (Å²) in [5.41, 5.74) is 0. The highest BCUT2D eigenvalue weighted by Crippen LogP contribution is 2.63. The van der Waals surface area contributed by atoms with Gasteiger partial charge in [0.05, 0.1) is 0 Å². The molecule has 0 aromatic heterocycles. The number of hydrogen-bond acceptors (Lipinski definition) is 2. The van der Waals surface area contributed by atoms with Crippen molar-refractivity contribution in [3.63, 3.8) is 0 Å². The Morgan fingerprint density at radius 3 is 1.12 bits per heavy atom. The van der Waals surface area contributed by atoms with Crippen molar-refractivity contribution in [2.75, 3.05) is 0 Å². The Bertz CT molecular complexity index is 799. The summed E-state index contributed by atoms with van der Waals surface area (Å²) in [5, 5.41) is -7.72. The Kier molecular flexibility index (Phi) is 8.11. The Morgan fingerprint density at radius 2 is 0.788 bits per heavy atom. The average molecular weight is 556 g/mol. The Labute approximate surface area is 171 Å². The lowest BCUT2D eigenvalue weighted by Crippen LogP contribution is -2.73. The molecule has 3 nitrogen and oxygen atoms in total. The molecule has 200 valence electrons. The minimum atomic E-state index is -8.56. The van der Waals surface area contributed by atoms with Gasteiger partial charge in [-0.15, -0.1) is 0 Å². The van der Waals surface area contributed by atoms with Crippen LogP contribution in [0.4, 0.5) is 74.6 Å². The van der Waals surface area contributed by atoms with Crippen molar-refractivity contribution >= 4 is 10.1 Å². The number of halogens is 17. The summed E-state index contributed by atoms with van der Waals surface area (Å²) in [5.74, 6) is -48.1. The van der Waals surface area contributed by atoms with E-state index in [0.717, 1.165) is 0 Å². The van der Waals surface area contributed by atoms with Crippen LogP contribution in [0, 0.1) is 0 Å². The third-order valence-corrected chi connectivity index (χ3v) is 4.83. The van der Waals surface area contributed by atoms with Gasteiger partial charge in [0.2, 0.25) is 0 Å². The van der Waals surface area contributed by atoms with Gasteiger partial charge < -0.3 is 0 Å². The molecule has 0 saturated carbocycles. The molecule has 0 aromatic carbocycles. The van der Waals surface area contributed by atoms with Crippen LogP contribution >= 0.6 is 0 Å². The quantitative estimate of drug-likeness (QED) is 0.182. The predicted molar refractivity (Wildman–Crippen MR) is 70.7 cm³/mol. The molecule has 21 heteroatoms. The summed E-state index contributed by atoms with van der Waals surface area (Å²) in [6.45, 7) is 0. The Hall–Kier alpha value is -1.28. The molecule has 0 fully saturated rings. The second-order valence-corrected chi connectivity index (χ2v) is 7.85. The number of hydrogen-bond donors (Lipinski definition) is 1. The van der Waals surface area contributed by atoms with E-state index in [-0.39, 0.29) is 0 Å². The van der Waals surface area contributed by atoms with E-state index in [1.807, 2.05) is 0 Å². The lowest BCUT2D eigenvalue weighted by molar-refractivity contribution is -0.436. The third-order valence-electron chi connectivity index (χ3n) is 3.93. The van der Waals surface area contributed by atoms with Gasteiger partial charge in [-0.3, -0.25) is 4.55 Å². The first kappa shape index (κ1) is 31.7. The van der Waals surface area contributed by atoms with Crippen LogP contribution in [-0.2, 0) is 10.1 Å².